The Labute approximate surface area is 137 Å². The summed E-state index contributed by atoms with van der Waals surface area (Å²) in [5.74, 6) is -0.825. The van der Waals surface area contributed by atoms with Gasteiger partial charge in [0.25, 0.3) is 0 Å². The zero-order valence-electron chi connectivity index (χ0n) is 12.0. The number of carbonyl (C=O) groups is 1. The lowest BCUT2D eigenvalue weighted by Crippen LogP contribution is -2.38. The number of esters is 1. The first-order valence-electron chi connectivity index (χ1n) is 6.89. The maximum atomic E-state index is 11.3. The average molecular weight is 344 g/mol. The molecule has 0 bridgehead atoms. The van der Waals surface area contributed by atoms with Crippen molar-refractivity contribution in [1.82, 2.24) is 0 Å². The van der Waals surface area contributed by atoms with Gasteiger partial charge in [0, 0.05) is 18.9 Å². The fourth-order valence-electron chi connectivity index (χ4n) is 3.19. The van der Waals surface area contributed by atoms with Crippen molar-refractivity contribution in [3.63, 3.8) is 0 Å². The van der Waals surface area contributed by atoms with E-state index in [9.17, 15) is 9.90 Å². The average Bonchev–Trinajstić information content (AvgIpc) is 2.91. The standard InChI is InChI=1S/C15H15Cl2NO4/c1-7(19)21-10-6-15(2,20)14-12(10)13(18-22-14)11-8(16)4-3-5-9(11)17/h3-5,10,12,14,20H,6H2,1-2H3/t10-,12-,14+,15-/m1/s1. The summed E-state index contributed by atoms with van der Waals surface area (Å²) >= 11 is 12.5. The van der Waals surface area contributed by atoms with Crippen molar-refractivity contribution in [2.45, 2.75) is 38.1 Å². The summed E-state index contributed by atoms with van der Waals surface area (Å²) in [6, 6.07) is 5.13. The largest absolute Gasteiger partial charge is 0.462 e. The van der Waals surface area contributed by atoms with Crippen molar-refractivity contribution in [2.75, 3.05) is 0 Å². The van der Waals surface area contributed by atoms with Gasteiger partial charge in [-0.15, -0.1) is 0 Å². The van der Waals surface area contributed by atoms with Gasteiger partial charge >= 0.3 is 5.97 Å². The van der Waals surface area contributed by atoms with Gasteiger partial charge in [0.15, 0.2) is 6.10 Å². The molecule has 1 aromatic carbocycles. The Bertz CT molecular complexity index is 639. The molecule has 0 radical (unpaired) electrons. The van der Waals surface area contributed by atoms with E-state index in [4.69, 9.17) is 32.8 Å². The molecular weight excluding hydrogens is 329 g/mol. The number of rotatable bonds is 2. The number of aliphatic hydroxyl groups is 1. The van der Waals surface area contributed by atoms with Gasteiger partial charge in [0.1, 0.15) is 17.4 Å². The van der Waals surface area contributed by atoms with Gasteiger partial charge in [0.05, 0.1) is 16.0 Å². The molecule has 22 heavy (non-hydrogen) atoms. The molecule has 1 heterocycles. The van der Waals surface area contributed by atoms with E-state index >= 15 is 0 Å². The van der Waals surface area contributed by atoms with Crippen LogP contribution in [0.4, 0.5) is 0 Å². The minimum Gasteiger partial charge on any atom is -0.462 e. The number of hydrogen-bond donors (Lipinski definition) is 1. The Morgan fingerprint density at radius 1 is 1.45 bits per heavy atom. The molecule has 1 saturated carbocycles. The third-order valence-electron chi connectivity index (χ3n) is 4.07. The van der Waals surface area contributed by atoms with Crippen molar-refractivity contribution in [3.05, 3.63) is 33.8 Å². The lowest BCUT2D eigenvalue weighted by molar-refractivity contribution is -0.147. The van der Waals surface area contributed by atoms with Gasteiger partial charge < -0.3 is 14.7 Å². The van der Waals surface area contributed by atoms with Crippen molar-refractivity contribution < 1.29 is 19.5 Å². The van der Waals surface area contributed by atoms with Crippen molar-refractivity contribution in [1.29, 1.82) is 0 Å². The highest BCUT2D eigenvalue weighted by molar-refractivity contribution is 6.40. The Morgan fingerprint density at radius 3 is 2.68 bits per heavy atom. The molecule has 0 unspecified atom stereocenters. The Kier molecular flexibility index (Phi) is 3.83. The first-order chi connectivity index (χ1) is 10.3. The minimum absolute atomic E-state index is 0.267. The minimum atomic E-state index is -1.15. The normalized spacial score (nSPS) is 33.1. The molecule has 5 nitrogen and oxygen atoms in total. The van der Waals surface area contributed by atoms with Gasteiger partial charge in [-0.05, 0) is 19.1 Å². The Hall–Kier alpha value is -1.30. The van der Waals surface area contributed by atoms with Crippen molar-refractivity contribution in [3.8, 4) is 0 Å². The van der Waals surface area contributed by atoms with Crippen LogP contribution in [-0.4, -0.2) is 34.6 Å². The van der Waals surface area contributed by atoms with E-state index in [0.717, 1.165) is 0 Å². The first kappa shape index (κ1) is 15.6. The van der Waals surface area contributed by atoms with Crippen molar-refractivity contribution in [2.24, 2.45) is 11.1 Å². The Balaban J connectivity index is 2.02. The third-order valence-corrected chi connectivity index (χ3v) is 4.70. The fourth-order valence-corrected chi connectivity index (χ4v) is 3.78. The van der Waals surface area contributed by atoms with Gasteiger partial charge in [-0.3, -0.25) is 4.79 Å². The summed E-state index contributed by atoms with van der Waals surface area (Å²) < 4.78 is 5.35. The number of oxime groups is 1. The van der Waals surface area contributed by atoms with Crippen LogP contribution in [0.3, 0.4) is 0 Å². The second kappa shape index (κ2) is 5.41. The zero-order valence-corrected chi connectivity index (χ0v) is 13.6. The molecule has 3 rings (SSSR count). The number of carbonyl (C=O) groups excluding carboxylic acids is 1. The van der Waals surface area contributed by atoms with Crippen LogP contribution in [-0.2, 0) is 14.4 Å². The van der Waals surface area contributed by atoms with Gasteiger partial charge in [-0.2, -0.15) is 0 Å². The van der Waals surface area contributed by atoms with E-state index in [-0.39, 0.29) is 6.42 Å². The molecule has 1 aromatic rings. The van der Waals surface area contributed by atoms with Crippen LogP contribution in [0.25, 0.3) is 0 Å². The van der Waals surface area contributed by atoms with E-state index in [1.807, 2.05) is 0 Å². The third kappa shape index (κ3) is 2.47. The van der Waals surface area contributed by atoms with Crippen LogP contribution < -0.4 is 0 Å². The molecule has 7 heteroatoms. The monoisotopic (exact) mass is 343 g/mol. The van der Waals surface area contributed by atoms with E-state index in [1.54, 1.807) is 25.1 Å². The molecule has 1 fully saturated rings. The quantitative estimate of drug-likeness (QED) is 0.838. The summed E-state index contributed by atoms with van der Waals surface area (Å²) in [6.45, 7) is 2.97. The van der Waals surface area contributed by atoms with E-state index < -0.39 is 29.7 Å². The number of benzene rings is 1. The topological polar surface area (TPSA) is 68.1 Å². The second-order valence-corrected chi connectivity index (χ2v) is 6.65. The predicted molar refractivity (Wildman–Crippen MR) is 82.2 cm³/mol. The number of nitrogens with zero attached hydrogens (tertiary/aromatic N) is 1. The van der Waals surface area contributed by atoms with Crippen LogP contribution in [0.5, 0.6) is 0 Å². The van der Waals surface area contributed by atoms with E-state index in [0.29, 0.717) is 21.3 Å². The number of hydrogen-bond acceptors (Lipinski definition) is 5. The highest BCUT2D eigenvalue weighted by Crippen LogP contribution is 2.45. The molecule has 0 saturated heterocycles. The van der Waals surface area contributed by atoms with E-state index in [1.165, 1.54) is 6.92 Å². The molecule has 4 atom stereocenters. The lowest BCUT2D eigenvalue weighted by atomic mass is 9.90. The zero-order chi connectivity index (χ0) is 16.1. The summed E-state index contributed by atoms with van der Waals surface area (Å²) in [7, 11) is 0. The van der Waals surface area contributed by atoms with Crippen molar-refractivity contribution >= 4 is 34.9 Å². The van der Waals surface area contributed by atoms with Gasteiger partial charge in [0.2, 0.25) is 0 Å². The summed E-state index contributed by atoms with van der Waals surface area (Å²) in [5, 5.41) is 15.4. The molecule has 0 amide bonds. The second-order valence-electron chi connectivity index (χ2n) is 5.83. The molecular formula is C15H15Cl2NO4. The molecule has 1 aliphatic carbocycles. The smallest absolute Gasteiger partial charge is 0.302 e. The molecule has 1 aliphatic heterocycles. The lowest BCUT2D eigenvalue weighted by Gasteiger charge is -2.21. The number of ether oxygens (including phenoxy) is 1. The van der Waals surface area contributed by atoms with Crippen LogP contribution in [0.1, 0.15) is 25.8 Å². The number of fused-ring (bicyclic) bond motifs is 1. The summed E-state index contributed by atoms with van der Waals surface area (Å²) in [4.78, 5) is 16.8. The van der Waals surface area contributed by atoms with Crippen LogP contribution in [0.2, 0.25) is 10.0 Å². The predicted octanol–water partition coefficient (Wildman–Crippen LogP) is 2.80. The SMILES string of the molecule is CC(=O)O[C@@H]1C[C@@](C)(O)[C@H]2ON=C(c3c(Cl)cccc3Cl)[C@@H]12. The maximum Gasteiger partial charge on any atom is 0.302 e. The molecule has 0 spiro atoms. The summed E-state index contributed by atoms with van der Waals surface area (Å²) in [6.07, 6.45) is -0.867. The molecule has 0 aromatic heterocycles. The Morgan fingerprint density at radius 2 is 2.09 bits per heavy atom. The van der Waals surface area contributed by atoms with Gasteiger partial charge in [-0.25, -0.2) is 0 Å². The molecule has 2 aliphatic rings. The van der Waals surface area contributed by atoms with Crippen LogP contribution in [0, 0.1) is 5.92 Å². The van der Waals surface area contributed by atoms with E-state index in [2.05, 4.69) is 5.16 Å². The maximum absolute atomic E-state index is 11.3. The summed E-state index contributed by atoms with van der Waals surface area (Å²) in [5.41, 5.74) is -0.0955. The highest BCUT2D eigenvalue weighted by Gasteiger charge is 2.59. The first-order valence-corrected chi connectivity index (χ1v) is 7.64. The number of halogens is 2. The van der Waals surface area contributed by atoms with Crippen LogP contribution >= 0.6 is 23.2 Å². The van der Waals surface area contributed by atoms with Crippen LogP contribution in [0.15, 0.2) is 23.4 Å². The highest BCUT2D eigenvalue weighted by atomic mass is 35.5. The molecule has 118 valence electrons. The molecule has 1 N–H and O–H groups in total. The van der Waals surface area contributed by atoms with Gasteiger partial charge in [-0.1, -0.05) is 34.4 Å². The fraction of sp³-hybridized carbons (Fsp3) is 0.467.